The minimum absolute atomic E-state index is 0.165. The van der Waals surface area contributed by atoms with E-state index in [-0.39, 0.29) is 17.8 Å². The largest absolute Gasteiger partial charge is 0.506 e. The summed E-state index contributed by atoms with van der Waals surface area (Å²) in [4.78, 5) is 6.56. The molecule has 0 bridgehead atoms. The Morgan fingerprint density at radius 2 is 1.69 bits per heavy atom. The standard InChI is InChI=1S/C25H22N4O2S/c1-31-22-14-5-3-11-19(22)28-16-8-12-20(28)24-23(17-9-6-7-15-26-17)27-25(32)29(24)18-10-2-4-13-21(18)30/h2-16,23-24,30H,1H3,(H,27,32)/t23-,24+/m1/s1. The SMILES string of the molecule is COc1ccccc1-n1cccc1[C@H]1[C@@H](c2ccccn2)NC(=S)N1c1ccccc1O. The lowest BCUT2D eigenvalue weighted by atomic mass is 10.0. The molecule has 0 unspecified atom stereocenters. The van der Waals surface area contributed by atoms with Gasteiger partial charge in [0.05, 0.1) is 30.2 Å². The minimum atomic E-state index is -0.259. The van der Waals surface area contributed by atoms with Crippen LogP contribution in [0, 0.1) is 0 Å². The maximum absolute atomic E-state index is 10.7. The third-order valence-electron chi connectivity index (χ3n) is 5.67. The number of pyridine rings is 1. The summed E-state index contributed by atoms with van der Waals surface area (Å²) in [6.45, 7) is 0. The van der Waals surface area contributed by atoms with Gasteiger partial charge in [0.25, 0.3) is 0 Å². The summed E-state index contributed by atoms with van der Waals surface area (Å²) >= 11 is 5.76. The molecule has 1 saturated heterocycles. The topological polar surface area (TPSA) is 62.5 Å². The number of ether oxygens (including phenoxy) is 1. The predicted molar refractivity (Wildman–Crippen MR) is 128 cm³/mol. The second kappa shape index (κ2) is 8.36. The number of nitrogens with one attached hydrogen (secondary N) is 1. The molecule has 2 N–H and O–H groups in total. The number of methoxy groups -OCH3 is 1. The molecule has 0 spiro atoms. The number of para-hydroxylation sites is 4. The number of rotatable bonds is 5. The number of thiocarbonyl (C=S) groups is 1. The molecular weight excluding hydrogens is 420 g/mol. The van der Waals surface area contributed by atoms with Gasteiger partial charge in [0, 0.05) is 18.1 Å². The van der Waals surface area contributed by atoms with Gasteiger partial charge in [0.1, 0.15) is 17.5 Å². The van der Waals surface area contributed by atoms with E-state index in [1.54, 1.807) is 25.4 Å². The molecule has 160 valence electrons. The van der Waals surface area contributed by atoms with E-state index >= 15 is 0 Å². The number of benzene rings is 2. The van der Waals surface area contributed by atoms with Crippen LogP contribution < -0.4 is 15.0 Å². The van der Waals surface area contributed by atoms with Crippen LogP contribution in [0.2, 0.25) is 0 Å². The molecule has 2 aromatic heterocycles. The molecule has 0 radical (unpaired) electrons. The molecule has 6 nitrogen and oxygen atoms in total. The Bertz CT molecular complexity index is 1260. The highest BCUT2D eigenvalue weighted by atomic mass is 32.1. The van der Waals surface area contributed by atoms with Crippen molar-refractivity contribution in [3.63, 3.8) is 0 Å². The third kappa shape index (κ3) is 3.36. The summed E-state index contributed by atoms with van der Waals surface area (Å²) in [6, 6.07) is 24.5. The van der Waals surface area contributed by atoms with E-state index in [0.29, 0.717) is 10.8 Å². The lowest BCUT2D eigenvalue weighted by Gasteiger charge is -2.29. The molecule has 5 rings (SSSR count). The van der Waals surface area contributed by atoms with E-state index in [1.807, 2.05) is 71.8 Å². The average molecular weight is 443 g/mol. The molecule has 3 heterocycles. The second-order valence-corrected chi connectivity index (χ2v) is 7.85. The van der Waals surface area contributed by atoms with Gasteiger partial charge in [-0.15, -0.1) is 0 Å². The van der Waals surface area contributed by atoms with Crippen molar-refractivity contribution in [1.82, 2.24) is 14.9 Å². The first kappa shape index (κ1) is 20.1. The van der Waals surface area contributed by atoms with Crippen LogP contribution in [-0.4, -0.2) is 26.9 Å². The van der Waals surface area contributed by atoms with Gasteiger partial charge >= 0.3 is 0 Å². The van der Waals surface area contributed by atoms with Crippen molar-refractivity contribution >= 4 is 23.0 Å². The first-order valence-electron chi connectivity index (χ1n) is 10.3. The number of anilines is 1. The summed E-state index contributed by atoms with van der Waals surface area (Å²) in [6.07, 6.45) is 3.78. The smallest absolute Gasteiger partial charge is 0.174 e. The summed E-state index contributed by atoms with van der Waals surface area (Å²) in [5.74, 6) is 0.931. The molecule has 7 heteroatoms. The molecular formula is C25H22N4O2S. The Labute approximate surface area is 191 Å². The molecule has 0 amide bonds. The van der Waals surface area contributed by atoms with Crippen molar-refractivity contribution in [3.8, 4) is 17.2 Å². The molecule has 4 aromatic rings. The number of hydrogen-bond acceptors (Lipinski definition) is 4. The van der Waals surface area contributed by atoms with Crippen LogP contribution in [-0.2, 0) is 0 Å². The summed E-state index contributed by atoms with van der Waals surface area (Å²) in [5.41, 5.74) is 3.41. The fourth-order valence-corrected chi connectivity index (χ4v) is 4.60. The van der Waals surface area contributed by atoms with Crippen molar-refractivity contribution in [2.75, 3.05) is 12.0 Å². The number of phenols is 1. The summed E-state index contributed by atoms with van der Waals surface area (Å²) < 4.78 is 7.72. The Hall–Kier alpha value is -3.84. The lowest BCUT2D eigenvalue weighted by Crippen LogP contribution is -2.30. The Morgan fingerprint density at radius 3 is 2.44 bits per heavy atom. The van der Waals surface area contributed by atoms with Crippen LogP contribution in [0.4, 0.5) is 5.69 Å². The highest BCUT2D eigenvalue weighted by Gasteiger charge is 2.43. The number of aromatic nitrogens is 2. The van der Waals surface area contributed by atoms with Crippen LogP contribution in [0.3, 0.4) is 0 Å². The van der Waals surface area contributed by atoms with Gasteiger partial charge in [-0.3, -0.25) is 4.98 Å². The zero-order valence-corrected chi connectivity index (χ0v) is 18.2. The van der Waals surface area contributed by atoms with Gasteiger partial charge in [-0.2, -0.15) is 0 Å². The van der Waals surface area contributed by atoms with E-state index in [9.17, 15) is 5.11 Å². The maximum atomic E-state index is 10.7. The van der Waals surface area contributed by atoms with E-state index in [2.05, 4.69) is 20.9 Å². The third-order valence-corrected chi connectivity index (χ3v) is 5.98. The van der Waals surface area contributed by atoms with Gasteiger partial charge in [0.15, 0.2) is 5.11 Å². The number of hydrogen-bond donors (Lipinski definition) is 2. The Kier molecular flexibility index (Phi) is 5.25. The first-order valence-corrected chi connectivity index (χ1v) is 10.7. The molecule has 32 heavy (non-hydrogen) atoms. The van der Waals surface area contributed by atoms with Crippen LogP contribution >= 0.6 is 12.2 Å². The normalized spacial score (nSPS) is 17.9. The van der Waals surface area contributed by atoms with Crippen molar-refractivity contribution in [2.45, 2.75) is 12.1 Å². The molecule has 2 atom stereocenters. The van der Waals surface area contributed by atoms with Gasteiger partial charge in [-0.1, -0.05) is 30.3 Å². The van der Waals surface area contributed by atoms with E-state index in [0.717, 1.165) is 22.8 Å². The van der Waals surface area contributed by atoms with Gasteiger partial charge in [-0.25, -0.2) is 0 Å². The zero-order chi connectivity index (χ0) is 22.1. The summed E-state index contributed by atoms with van der Waals surface area (Å²) in [5, 5.41) is 14.6. The summed E-state index contributed by atoms with van der Waals surface area (Å²) in [7, 11) is 1.67. The van der Waals surface area contributed by atoms with Gasteiger partial charge in [0.2, 0.25) is 0 Å². The van der Waals surface area contributed by atoms with Gasteiger partial charge < -0.3 is 24.6 Å². The lowest BCUT2D eigenvalue weighted by molar-refractivity contribution is 0.412. The average Bonchev–Trinajstić information content (AvgIpc) is 3.44. The van der Waals surface area contributed by atoms with E-state index in [1.165, 1.54) is 0 Å². The number of aromatic hydroxyl groups is 1. The molecule has 1 fully saturated rings. The highest BCUT2D eigenvalue weighted by Crippen LogP contribution is 2.45. The van der Waals surface area contributed by atoms with Crippen LogP contribution in [0.5, 0.6) is 11.5 Å². The van der Waals surface area contributed by atoms with Crippen molar-refractivity contribution in [3.05, 3.63) is 103 Å². The van der Waals surface area contributed by atoms with Crippen LogP contribution in [0.1, 0.15) is 23.5 Å². The van der Waals surface area contributed by atoms with Crippen LogP contribution in [0.25, 0.3) is 5.69 Å². The molecule has 0 saturated carbocycles. The quantitative estimate of drug-likeness (QED) is 0.435. The highest BCUT2D eigenvalue weighted by molar-refractivity contribution is 7.80. The molecule has 1 aliphatic heterocycles. The van der Waals surface area contributed by atoms with Crippen molar-refractivity contribution in [2.24, 2.45) is 0 Å². The van der Waals surface area contributed by atoms with E-state index < -0.39 is 0 Å². The van der Waals surface area contributed by atoms with Crippen molar-refractivity contribution in [1.29, 1.82) is 0 Å². The second-order valence-electron chi connectivity index (χ2n) is 7.46. The minimum Gasteiger partial charge on any atom is -0.506 e. The number of nitrogens with zero attached hydrogens (tertiary/aromatic N) is 3. The number of phenolic OH excluding ortho intramolecular Hbond substituents is 1. The Balaban J connectivity index is 1.70. The zero-order valence-electron chi connectivity index (χ0n) is 17.4. The fourth-order valence-electron chi connectivity index (χ4n) is 4.27. The van der Waals surface area contributed by atoms with Crippen molar-refractivity contribution < 1.29 is 9.84 Å². The monoisotopic (exact) mass is 442 g/mol. The fraction of sp³-hybridized carbons (Fsp3) is 0.120. The molecule has 1 aliphatic rings. The molecule has 2 aromatic carbocycles. The Morgan fingerprint density at radius 1 is 0.938 bits per heavy atom. The van der Waals surface area contributed by atoms with Gasteiger partial charge in [-0.05, 0) is 60.7 Å². The molecule has 0 aliphatic carbocycles. The van der Waals surface area contributed by atoms with Crippen LogP contribution in [0.15, 0.2) is 91.3 Å². The van der Waals surface area contributed by atoms with E-state index in [4.69, 9.17) is 17.0 Å². The predicted octanol–water partition coefficient (Wildman–Crippen LogP) is 4.76. The first-order chi connectivity index (χ1) is 15.7. The maximum Gasteiger partial charge on any atom is 0.174 e.